The summed E-state index contributed by atoms with van der Waals surface area (Å²) in [6, 6.07) is 7.28. The molecule has 0 aliphatic carbocycles. The van der Waals surface area contributed by atoms with Crippen molar-refractivity contribution in [2.24, 2.45) is 0 Å². The molecule has 3 rings (SSSR count). The fourth-order valence-electron chi connectivity index (χ4n) is 3.05. The van der Waals surface area contributed by atoms with Crippen molar-refractivity contribution in [2.75, 3.05) is 5.32 Å². The van der Waals surface area contributed by atoms with Crippen molar-refractivity contribution < 1.29 is 9.72 Å². The molecule has 0 fully saturated rings. The molecule has 146 valence electrons. The SMILES string of the molecule is Cc1cccc(Cn2cnc(NC(=O)C(C)n3nc(C)c([N+](=O)[O-])c3C)n2)c1. The van der Waals surface area contributed by atoms with Gasteiger partial charge in [-0.05, 0) is 33.3 Å². The lowest BCUT2D eigenvalue weighted by Crippen LogP contribution is -2.26. The summed E-state index contributed by atoms with van der Waals surface area (Å²) in [5, 5.41) is 22.2. The van der Waals surface area contributed by atoms with Crippen molar-refractivity contribution in [2.45, 2.75) is 40.3 Å². The molecule has 3 aromatic rings. The van der Waals surface area contributed by atoms with Crippen molar-refractivity contribution >= 4 is 17.5 Å². The van der Waals surface area contributed by atoms with E-state index in [1.165, 1.54) is 11.0 Å². The number of amides is 1. The first kappa shape index (κ1) is 19.2. The highest BCUT2D eigenvalue weighted by molar-refractivity contribution is 5.91. The molecule has 1 amide bonds. The number of hydrogen-bond donors (Lipinski definition) is 1. The average Bonchev–Trinajstić information content (AvgIpc) is 3.17. The predicted octanol–water partition coefficient (Wildman–Crippen LogP) is 2.56. The van der Waals surface area contributed by atoms with Gasteiger partial charge >= 0.3 is 5.69 Å². The average molecular weight is 383 g/mol. The topological polar surface area (TPSA) is 121 Å². The van der Waals surface area contributed by atoms with Gasteiger partial charge in [-0.2, -0.15) is 5.10 Å². The van der Waals surface area contributed by atoms with Gasteiger partial charge in [0.15, 0.2) is 0 Å². The molecule has 1 unspecified atom stereocenters. The second-order valence-corrected chi connectivity index (χ2v) is 6.64. The van der Waals surface area contributed by atoms with Crippen molar-refractivity contribution in [3.63, 3.8) is 0 Å². The van der Waals surface area contributed by atoms with Gasteiger partial charge in [0.05, 0.1) is 11.5 Å². The molecule has 0 saturated carbocycles. The predicted molar refractivity (Wildman–Crippen MR) is 102 cm³/mol. The van der Waals surface area contributed by atoms with Crippen LogP contribution in [0.4, 0.5) is 11.6 Å². The highest BCUT2D eigenvalue weighted by Crippen LogP contribution is 2.25. The summed E-state index contributed by atoms with van der Waals surface area (Å²) in [5.41, 5.74) is 2.73. The van der Waals surface area contributed by atoms with Crippen LogP contribution in [0.15, 0.2) is 30.6 Å². The van der Waals surface area contributed by atoms with Gasteiger partial charge in [0.25, 0.3) is 5.91 Å². The van der Waals surface area contributed by atoms with Gasteiger partial charge in [-0.3, -0.25) is 24.9 Å². The minimum absolute atomic E-state index is 0.0831. The Labute approximate surface area is 161 Å². The summed E-state index contributed by atoms with van der Waals surface area (Å²) in [6.07, 6.45) is 1.54. The molecule has 1 aromatic carbocycles. The number of nitrogens with zero attached hydrogens (tertiary/aromatic N) is 6. The van der Waals surface area contributed by atoms with Crippen LogP contribution in [0.5, 0.6) is 0 Å². The lowest BCUT2D eigenvalue weighted by atomic mass is 10.1. The number of carbonyl (C=O) groups is 1. The van der Waals surface area contributed by atoms with Crippen LogP contribution in [0.1, 0.15) is 35.5 Å². The van der Waals surface area contributed by atoms with E-state index in [9.17, 15) is 14.9 Å². The number of nitrogens with one attached hydrogen (secondary N) is 1. The first-order valence-corrected chi connectivity index (χ1v) is 8.72. The Balaban J connectivity index is 1.71. The molecule has 28 heavy (non-hydrogen) atoms. The second kappa shape index (κ2) is 7.59. The van der Waals surface area contributed by atoms with E-state index in [1.54, 1.807) is 25.5 Å². The largest absolute Gasteiger partial charge is 0.312 e. The van der Waals surface area contributed by atoms with Gasteiger partial charge in [0, 0.05) is 0 Å². The van der Waals surface area contributed by atoms with Gasteiger partial charge in [0.1, 0.15) is 23.8 Å². The van der Waals surface area contributed by atoms with E-state index in [0.717, 1.165) is 11.1 Å². The number of hydrogen-bond acceptors (Lipinski definition) is 6. The maximum atomic E-state index is 12.5. The van der Waals surface area contributed by atoms with E-state index in [0.29, 0.717) is 12.2 Å². The Hall–Kier alpha value is -3.56. The van der Waals surface area contributed by atoms with E-state index >= 15 is 0 Å². The van der Waals surface area contributed by atoms with Crippen molar-refractivity contribution in [1.29, 1.82) is 0 Å². The van der Waals surface area contributed by atoms with Gasteiger partial charge in [-0.1, -0.05) is 29.8 Å². The first-order valence-electron chi connectivity index (χ1n) is 8.72. The lowest BCUT2D eigenvalue weighted by molar-refractivity contribution is -0.386. The maximum absolute atomic E-state index is 12.5. The molecule has 10 heteroatoms. The Bertz CT molecular complexity index is 1040. The molecule has 0 bridgehead atoms. The molecule has 0 aliphatic rings. The molecule has 10 nitrogen and oxygen atoms in total. The summed E-state index contributed by atoms with van der Waals surface area (Å²) in [4.78, 5) is 27.3. The van der Waals surface area contributed by atoms with Crippen LogP contribution in [0.25, 0.3) is 0 Å². The summed E-state index contributed by atoms with van der Waals surface area (Å²) in [7, 11) is 0. The van der Waals surface area contributed by atoms with E-state index in [1.807, 2.05) is 25.1 Å². The Morgan fingerprint density at radius 2 is 2.04 bits per heavy atom. The zero-order valence-electron chi connectivity index (χ0n) is 16.1. The summed E-state index contributed by atoms with van der Waals surface area (Å²) >= 11 is 0. The fraction of sp³-hybridized carbons (Fsp3) is 0.333. The molecule has 1 N–H and O–H groups in total. The highest BCUT2D eigenvalue weighted by Gasteiger charge is 2.27. The number of anilines is 1. The molecule has 1 atom stereocenters. The third-order valence-electron chi connectivity index (χ3n) is 4.41. The number of rotatable bonds is 6. The standard InChI is InChI=1S/C18H21N7O3/c1-11-6-5-7-15(8-11)9-23-10-19-18(22-23)20-17(26)14(4)24-13(3)16(25(27)28)12(2)21-24/h5-8,10,14H,9H2,1-4H3,(H,20,22,26). The number of benzene rings is 1. The Morgan fingerprint density at radius 1 is 1.29 bits per heavy atom. The smallest absolute Gasteiger partial charge is 0.291 e. The number of aromatic nitrogens is 5. The summed E-state index contributed by atoms with van der Waals surface area (Å²) < 4.78 is 2.97. The Kier molecular flexibility index (Phi) is 5.21. The second-order valence-electron chi connectivity index (χ2n) is 6.64. The number of aryl methyl sites for hydroxylation is 2. The minimum Gasteiger partial charge on any atom is -0.291 e. The highest BCUT2D eigenvalue weighted by atomic mass is 16.6. The van der Waals surface area contributed by atoms with E-state index < -0.39 is 16.9 Å². The molecular weight excluding hydrogens is 362 g/mol. The van der Waals surface area contributed by atoms with Crippen LogP contribution in [-0.4, -0.2) is 35.4 Å². The van der Waals surface area contributed by atoms with Crippen molar-refractivity contribution in [1.82, 2.24) is 24.5 Å². The van der Waals surface area contributed by atoms with Gasteiger partial charge < -0.3 is 0 Å². The third kappa shape index (κ3) is 3.90. The first-order chi connectivity index (χ1) is 13.3. The summed E-state index contributed by atoms with van der Waals surface area (Å²) in [6.45, 7) is 7.27. The van der Waals surface area contributed by atoms with Crippen molar-refractivity contribution in [3.8, 4) is 0 Å². The van der Waals surface area contributed by atoms with Crippen LogP contribution >= 0.6 is 0 Å². The van der Waals surface area contributed by atoms with Crippen LogP contribution in [-0.2, 0) is 11.3 Å². The fourth-order valence-corrected chi connectivity index (χ4v) is 3.05. The van der Waals surface area contributed by atoms with E-state index in [2.05, 4.69) is 26.6 Å². The molecular formula is C18H21N7O3. The monoisotopic (exact) mass is 383 g/mol. The number of nitro groups is 1. The third-order valence-corrected chi connectivity index (χ3v) is 4.41. The molecule has 2 heterocycles. The lowest BCUT2D eigenvalue weighted by Gasteiger charge is -2.12. The molecule has 0 radical (unpaired) electrons. The van der Waals surface area contributed by atoms with Gasteiger partial charge in [-0.25, -0.2) is 9.67 Å². The van der Waals surface area contributed by atoms with E-state index in [4.69, 9.17) is 0 Å². The van der Waals surface area contributed by atoms with Crippen LogP contribution < -0.4 is 5.32 Å². The maximum Gasteiger partial charge on any atom is 0.312 e. The zero-order chi connectivity index (χ0) is 20.4. The number of carbonyl (C=O) groups excluding carboxylic acids is 1. The van der Waals surface area contributed by atoms with Crippen LogP contribution in [0, 0.1) is 30.9 Å². The molecule has 0 aliphatic heterocycles. The van der Waals surface area contributed by atoms with E-state index in [-0.39, 0.29) is 17.3 Å². The van der Waals surface area contributed by atoms with Gasteiger partial charge in [0.2, 0.25) is 5.95 Å². The van der Waals surface area contributed by atoms with Gasteiger partial charge in [-0.15, -0.1) is 5.10 Å². The zero-order valence-corrected chi connectivity index (χ0v) is 16.1. The molecule has 0 spiro atoms. The van der Waals surface area contributed by atoms with Crippen LogP contribution in [0.2, 0.25) is 0 Å². The molecule has 2 aromatic heterocycles. The summed E-state index contributed by atoms with van der Waals surface area (Å²) in [5.74, 6) is -0.241. The normalized spacial score (nSPS) is 12.0. The van der Waals surface area contributed by atoms with Crippen molar-refractivity contribution in [3.05, 3.63) is 63.2 Å². The quantitative estimate of drug-likeness (QED) is 0.516. The minimum atomic E-state index is -0.754. The Morgan fingerprint density at radius 3 is 2.68 bits per heavy atom. The molecule has 0 saturated heterocycles. The van der Waals surface area contributed by atoms with Crippen LogP contribution in [0.3, 0.4) is 0 Å².